The van der Waals surface area contributed by atoms with Gasteiger partial charge in [0.1, 0.15) is 11.5 Å². The third kappa shape index (κ3) is 5.13. The molecule has 1 saturated carbocycles. The van der Waals surface area contributed by atoms with Crippen LogP contribution in [0.15, 0.2) is 42.5 Å². The van der Waals surface area contributed by atoms with Crippen LogP contribution in [-0.2, 0) is 0 Å². The van der Waals surface area contributed by atoms with Gasteiger partial charge in [-0.05, 0) is 61.6 Å². The Morgan fingerprint density at radius 1 is 1.19 bits per heavy atom. The Labute approximate surface area is 181 Å². The molecule has 0 aliphatic heterocycles. The second-order valence-corrected chi connectivity index (χ2v) is 8.09. The molecule has 0 bridgehead atoms. The summed E-state index contributed by atoms with van der Waals surface area (Å²) in [4.78, 5) is 16.2. The fourth-order valence-corrected chi connectivity index (χ4v) is 3.52. The van der Waals surface area contributed by atoms with Gasteiger partial charge in [0.15, 0.2) is 0 Å². The van der Waals surface area contributed by atoms with Crippen LogP contribution < -0.4 is 16.8 Å². The van der Waals surface area contributed by atoms with E-state index < -0.39 is 0 Å². The summed E-state index contributed by atoms with van der Waals surface area (Å²) in [5.74, 6) is 6.42. The van der Waals surface area contributed by atoms with E-state index in [1.165, 1.54) is 12.1 Å². The van der Waals surface area contributed by atoms with Gasteiger partial charge in [0, 0.05) is 29.4 Å². The third-order valence-electron chi connectivity index (χ3n) is 5.49. The zero-order valence-electron chi connectivity index (χ0n) is 17.4. The van der Waals surface area contributed by atoms with Crippen molar-refractivity contribution in [1.29, 1.82) is 0 Å². The van der Waals surface area contributed by atoms with E-state index in [0.29, 0.717) is 30.3 Å². The molecule has 2 aromatic carbocycles. The average molecular weight is 419 g/mol. The zero-order chi connectivity index (χ0) is 21.8. The van der Waals surface area contributed by atoms with E-state index >= 15 is 0 Å². The number of H-pyrrole nitrogens is 1. The Kier molecular flexibility index (Phi) is 6.36. The molecule has 1 aliphatic carbocycles. The first kappa shape index (κ1) is 21.1. The Hall–Kier alpha value is -3.14. The number of amides is 1. The number of rotatable bonds is 7. The molecule has 6 heteroatoms. The van der Waals surface area contributed by atoms with E-state index in [1.54, 1.807) is 12.1 Å². The molecule has 1 atom stereocenters. The smallest absolute Gasteiger partial charge is 0.269 e. The van der Waals surface area contributed by atoms with Crippen LogP contribution in [0.3, 0.4) is 0 Å². The van der Waals surface area contributed by atoms with Crippen LogP contribution in [0.4, 0.5) is 4.39 Å². The number of aromatic nitrogens is 1. The van der Waals surface area contributed by atoms with Crippen molar-refractivity contribution >= 4 is 16.8 Å². The lowest BCUT2D eigenvalue weighted by Crippen LogP contribution is -2.37. The van der Waals surface area contributed by atoms with Gasteiger partial charge in [-0.1, -0.05) is 36.1 Å². The summed E-state index contributed by atoms with van der Waals surface area (Å²) in [6.07, 6.45) is 3.82. The number of halogens is 1. The van der Waals surface area contributed by atoms with Gasteiger partial charge < -0.3 is 21.8 Å². The first-order valence-corrected chi connectivity index (χ1v) is 10.7. The molecule has 31 heavy (non-hydrogen) atoms. The van der Waals surface area contributed by atoms with Crippen molar-refractivity contribution in [2.75, 3.05) is 13.1 Å². The Morgan fingerprint density at radius 2 is 1.94 bits per heavy atom. The SMILES string of the molecule is NCCCC(N)CNC(=O)c1[nH]c2cc(-c3ccc(F)cc3)ccc2c1C#CC1CC1. The predicted octanol–water partition coefficient (Wildman–Crippen LogP) is 3.53. The second kappa shape index (κ2) is 9.34. The molecule has 5 nitrogen and oxygen atoms in total. The summed E-state index contributed by atoms with van der Waals surface area (Å²) < 4.78 is 13.3. The molecule has 0 spiro atoms. The molecule has 4 rings (SSSR count). The Morgan fingerprint density at radius 3 is 2.65 bits per heavy atom. The fourth-order valence-electron chi connectivity index (χ4n) is 3.52. The number of nitrogens with one attached hydrogen (secondary N) is 2. The first-order chi connectivity index (χ1) is 15.0. The van der Waals surface area contributed by atoms with Crippen LogP contribution in [0.25, 0.3) is 22.0 Å². The van der Waals surface area contributed by atoms with E-state index in [9.17, 15) is 9.18 Å². The van der Waals surface area contributed by atoms with Gasteiger partial charge in [-0.3, -0.25) is 4.79 Å². The summed E-state index contributed by atoms with van der Waals surface area (Å²) in [5.41, 5.74) is 15.4. The number of carbonyl (C=O) groups excluding carboxylic acids is 1. The monoisotopic (exact) mass is 418 g/mol. The van der Waals surface area contributed by atoms with E-state index in [4.69, 9.17) is 11.5 Å². The van der Waals surface area contributed by atoms with Gasteiger partial charge in [0.05, 0.1) is 5.56 Å². The zero-order valence-corrected chi connectivity index (χ0v) is 17.4. The number of carbonyl (C=O) groups is 1. The first-order valence-electron chi connectivity index (χ1n) is 10.7. The lowest BCUT2D eigenvalue weighted by Gasteiger charge is -2.11. The lowest BCUT2D eigenvalue weighted by molar-refractivity contribution is 0.0946. The van der Waals surface area contributed by atoms with Crippen LogP contribution in [0.2, 0.25) is 0 Å². The number of aromatic amines is 1. The van der Waals surface area contributed by atoms with Crippen LogP contribution in [0, 0.1) is 23.6 Å². The largest absolute Gasteiger partial charge is 0.349 e. The van der Waals surface area contributed by atoms with Gasteiger partial charge in [-0.15, -0.1) is 0 Å². The molecule has 1 heterocycles. The lowest BCUT2D eigenvalue weighted by atomic mass is 10.0. The van der Waals surface area contributed by atoms with Gasteiger partial charge in [0.2, 0.25) is 0 Å². The maximum Gasteiger partial charge on any atom is 0.269 e. The minimum Gasteiger partial charge on any atom is -0.349 e. The number of benzene rings is 2. The highest BCUT2D eigenvalue weighted by Crippen LogP contribution is 2.30. The number of hydrogen-bond acceptors (Lipinski definition) is 3. The van der Waals surface area contributed by atoms with E-state index in [1.807, 2.05) is 18.2 Å². The normalized spacial score (nSPS) is 14.2. The highest BCUT2D eigenvalue weighted by atomic mass is 19.1. The van der Waals surface area contributed by atoms with E-state index in [-0.39, 0.29) is 17.8 Å². The molecular formula is C25H27FN4O. The maximum atomic E-state index is 13.3. The molecule has 1 unspecified atom stereocenters. The summed E-state index contributed by atoms with van der Waals surface area (Å²) in [5, 5.41) is 3.82. The molecule has 1 amide bonds. The highest BCUT2D eigenvalue weighted by molar-refractivity contribution is 6.03. The quantitative estimate of drug-likeness (QED) is 0.442. The molecular weight excluding hydrogens is 391 g/mol. The standard InChI is InChI=1S/C25H27FN4O/c26-19-9-6-17(7-10-19)18-8-12-21-22(11-5-16-3-4-16)24(30-23(21)14-18)25(31)29-15-20(28)2-1-13-27/h6-10,12,14,16,20,30H,1-4,13,15,27-28H2,(H,29,31). The number of hydrogen-bond donors (Lipinski definition) is 4. The summed E-state index contributed by atoms with van der Waals surface area (Å²) >= 11 is 0. The minimum atomic E-state index is -0.272. The van der Waals surface area contributed by atoms with Gasteiger partial charge in [-0.2, -0.15) is 0 Å². The summed E-state index contributed by atoms with van der Waals surface area (Å²) in [7, 11) is 0. The van der Waals surface area contributed by atoms with Crippen LogP contribution in [0.1, 0.15) is 41.7 Å². The van der Waals surface area contributed by atoms with Crippen molar-refractivity contribution in [2.24, 2.45) is 17.4 Å². The van der Waals surface area contributed by atoms with Crippen LogP contribution >= 0.6 is 0 Å². The van der Waals surface area contributed by atoms with E-state index in [2.05, 4.69) is 22.1 Å². The van der Waals surface area contributed by atoms with Crippen LogP contribution in [-0.4, -0.2) is 30.0 Å². The topological polar surface area (TPSA) is 96.9 Å². The minimum absolute atomic E-state index is 0.136. The molecule has 1 aliphatic rings. The Bertz CT molecular complexity index is 1140. The molecule has 1 aromatic heterocycles. The van der Waals surface area contributed by atoms with Gasteiger partial charge in [-0.25, -0.2) is 4.39 Å². The van der Waals surface area contributed by atoms with Crippen molar-refractivity contribution in [3.63, 3.8) is 0 Å². The van der Waals surface area contributed by atoms with Crippen LogP contribution in [0.5, 0.6) is 0 Å². The fraction of sp³-hybridized carbons (Fsp3) is 0.320. The van der Waals surface area contributed by atoms with Crippen molar-refractivity contribution in [3.8, 4) is 23.0 Å². The second-order valence-electron chi connectivity index (χ2n) is 8.09. The highest BCUT2D eigenvalue weighted by Gasteiger charge is 2.21. The summed E-state index contributed by atoms with van der Waals surface area (Å²) in [6.45, 7) is 0.964. The van der Waals surface area contributed by atoms with E-state index in [0.717, 1.165) is 47.7 Å². The molecule has 1 fully saturated rings. The van der Waals surface area contributed by atoms with Crippen molar-refractivity contribution in [2.45, 2.75) is 31.7 Å². The average Bonchev–Trinajstić information content (AvgIpc) is 3.54. The maximum absolute atomic E-state index is 13.3. The number of fused-ring (bicyclic) bond motifs is 1. The molecule has 0 saturated heterocycles. The molecule has 0 radical (unpaired) electrons. The van der Waals surface area contributed by atoms with Gasteiger partial charge >= 0.3 is 0 Å². The predicted molar refractivity (Wildman–Crippen MR) is 122 cm³/mol. The van der Waals surface area contributed by atoms with Gasteiger partial charge in [0.25, 0.3) is 5.91 Å². The summed E-state index contributed by atoms with van der Waals surface area (Å²) in [6, 6.07) is 12.1. The molecule has 160 valence electrons. The number of nitrogens with two attached hydrogens (primary N) is 2. The third-order valence-corrected chi connectivity index (χ3v) is 5.49. The van der Waals surface area contributed by atoms with Crippen molar-refractivity contribution in [3.05, 3.63) is 59.5 Å². The van der Waals surface area contributed by atoms with Crippen molar-refractivity contribution < 1.29 is 9.18 Å². The van der Waals surface area contributed by atoms with Crippen molar-refractivity contribution in [1.82, 2.24) is 10.3 Å². The molecule has 3 aromatic rings. The Balaban J connectivity index is 1.64. The molecule has 6 N–H and O–H groups in total.